The van der Waals surface area contributed by atoms with Gasteiger partial charge in [-0.05, 0) is 29.8 Å². The van der Waals surface area contributed by atoms with Gasteiger partial charge in [-0.2, -0.15) is 0 Å². The minimum atomic E-state index is -3.72. The molecule has 0 bridgehead atoms. The number of hydrogen-bond donors (Lipinski definition) is 2. The van der Waals surface area contributed by atoms with E-state index < -0.39 is 10.0 Å². The van der Waals surface area contributed by atoms with E-state index in [4.69, 9.17) is 4.74 Å². The molecule has 2 aromatic carbocycles. The van der Waals surface area contributed by atoms with E-state index in [2.05, 4.69) is 25.0 Å². The van der Waals surface area contributed by atoms with Gasteiger partial charge in [0, 0.05) is 19.0 Å². The van der Waals surface area contributed by atoms with Crippen molar-refractivity contribution in [1.29, 1.82) is 0 Å². The van der Waals surface area contributed by atoms with Crippen LogP contribution in [0.25, 0.3) is 22.3 Å². The van der Waals surface area contributed by atoms with Crippen LogP contribution in [0.3, 0.4) is 0 Å². The molecule has 9 nitrogen and oxygen atoms in total. The van der Waals surface area contributed by atoms with Crippen LogP contribution in [-0.4, -0.2) is 42.5 Å². The zero-order valence-corrected chi connectivity index (χ0v) is 19.2. The first-order chi connectivity index (χ1) is 16.4. The van der Waals surface area contributed by atoms with Crippen LogP contribution >= 0.6 is 0 Å². The number of rotatable bonds is 9. The third-order valence-electron chi connectivity index (χ3n) is 4.93. The molecule has 4 aromatic rings. The normalized spacial score (nSPS) is 11.3. The van der Waals surface area contributed by atoms with Crippen LogP contribution in [0.5, 0.6) is 0 Å². The summed E-state index contributed by atoms with van der Waals surface area (Å²) in [5, 5.41) is 3.09. The van der Waals surface area contributed by atoms with E-state index in [1.807, 2.05) is 30.3 Å². The maximum Gasteiger partial charge on any atom is 0.302 e. The molecule has 4 rings (SSSR count). The van der Waals surface area contributed by atoms with Crippen molar-refractivity contribution in [1.82, 2.24) is 19.7 Å². The Labute approximate surface area is 197 Å². The second kappa shape index (κ2) is 10.4. The highest BCUT2D eigenvalue weighted by Gasteiger charge is 2.15. The summed E-state index contributed by atoms with van der Waals surface area (Å²) in [5.41, 5.74) is 3.23. The summed E-state index contributed by atoms with van der Waals surface area (Å²) in [6, 6.07) is 19.5. The minimum Gasteiger partial charge on any atom is -0.464 e. The fourth-order valence-electron chi connectivity index (χ4n) is 3.27. The van der Waals surface area contributed by atoms with E-state index in [-0.39, 0.29) is 24.0 Å². The topological polar surface area (TPSA) is 123 Å². The van der Waals surface area contributed by atoms with Gasteiger partial charge in [0.2, 0.25) is 10.0 Å². The molecule has 0 aliphatic carbocycles. The summed E-state index contributed by atoms with van der Waals surface area (Å²) in [6.45, 7) is 2.09. The predicted molar refractivity (Wildman–Crippen MR) is 128 cm³/mol. The quantitative estimate of drug-likeness (QED) is 0.278. The van der Waals surface area contributed by atoms with E-state index in [9.17, 15) is 13.2 Å². The van der Waals surface area contributed by atoms with Gasteiger partial charge in [0.1, 0.15) is 18.5 Å². The first kappa shape index (κ1) is 23.3. The molecule has 10 heteroatoms. The lowest BCUT2D eigenvalue weighted by Gasteiger charge is -2.10. The highest BCUT2D eigenvalue weighted by Crippen LogP contribution is 2.25. The Hall–Kier alpha value is -3.89. The molecule has 174 valence electrons. The van der Waals surface area contributed by atoms with Crippen LogP contribution in [0.15, 0.2) is 78.0 Å². The number of benzene rings is 2. The highest BCUT2D eigenvalue weighted by atomic mass is 32.2. The first-order valence-corrected chi connectivity index (χ1v) is 12.0. The average Bonchev–Trinajstić information content (AvgIpc) is 2.86. The fraction of sp³-hybridized carbons (Fsp3) is 0.167. The number of anilines is 1. The molecule has 0 radical (unpaired) electrons. The predicted octanol–water partition coefficient (Wildman–Crippen LogP) is 3.15. The van der Waals surface area contributed by atoms with Crippen molar-refractivity contribution in [3.8, 4) is 11.3 Å². The summed E-state index contributed by atoms with van der Waals surface area (Å²) in [4.78, 5) is 24.2. The number of aromatic nitrogens is 3. The molecule has 0 spiro atoms. The standard InChI is InChI=1S/C24H23N5O4S/c1-17(30)33-13-12-25-24-23-22(26-16-27-24)11-10-21(29-23)19-8-5-9-20(14-19)34(31,32)28-15-18-6-3-2-4-7-18/h2-11,14,16,28H,12-13,15H2,1H3,(H,25,26,27). The molecular formula is C24H23N5O4S. The zero-order chi connectivity index (χ0) is 24.0. The van der Waals surface area contributed by atoms with Gasteiger partial charge in [-0.25, -0.2) is 28.1 Å². The summed E-state index contributed by atoms with van der Waals surface area (Å²) in [7, 11) is -3.72. The number of carbonyl (C=O) groups excluding carboxylic acids is 1. The van der Waals surface area contributed by atoms with Crippen LogP contribution in [0.2, 0.25) is 0 Å². The molecule has 0 atom stereocenters. The molecule has 0 fully saturated rings. The highest BCUT2D eigenvalue weighted by molar-refractivity contribution is 7.89. The number of nitrogens with one attached hydrogen (secondary N) is 2. The third kappa shape index (κ3) is 5.72. The number of pyridine rings is 1. The summed E-state index contributed by atoms with van der Waals surface area (Å²) in [6.07, 6.45) is 1.42. The monoisotopic (exact) mass is 477 g/mol. The molecule has 34 heavy (non-hydrogen) atoms. The molecule has 0 saturated carbocycles. The molecular weight excluding hydrogens is 454 g/mol. The Morgan fingerprint density at radius 1 is 1.00 bits per heavy atom. The maximum atomic E-state index is 12.9. The van der Waals surface area contributed by atoms with Crippen molar-refractivity contribution in [2.45, 2.75) is 18.4 Å². The van der Waals surface area contributed by atoms with Crippen LogP contribution in [0.1, 0.15) is 12.5 Å². The third-order valence-corrected chi connectivity index (χ3v) is 6.33. The van der Waals surface area contributed by atoms with E-state index in [1.165, 1.54) is 13.3 Å². The summed E-state index contributed by atoms with van der Waals surface area (Å²) in [5.74, 6) is 0.134. The molecule has 0 amide bonds. The maximum absolute atomic E-state index is 12.9. The Morgan fingerprint density at radius 2 is 1.82 bits per heavy atom. The number of sulfonamides is 1. The van der Waals surface area contributed by atoms with Crippen molar-refractivity contribution < 1.29 is 17.9 Å². The van der Waals surface area contributed by atoms with E-state index in [0.717, 1.165) is 5.56 Å². The van der Waals surface area contributed by atoms with Crippen molar-refractivity contribution in [2.24, 2.45) is 0 Å². The molecule has 0 aliphatic heterocycles. The van der Waals surface area contributed by atoms with Crippen LogP contribution in [-0.2, 0) is 26.1 Å². The smallest absolute Gasteiger partial charge is 0.302 e. The Bertz CT molecular complexity index is 1410. The van der Waals surface area contributed by atoms with E-state index in [1.54, 1.807) is 36.4 Å². The second-order valence-corrected chi connectivity index (χ2v) is 9.16. The number of fused-ring (bicyclic) bond motifs is 1. The summed E-state index contributed by atoms with van der Waals surface area (Å²) < 4.78 is 33.3. The number of carbonyl (C=O) groups is 1. The van der Waals surface area contributed by atoms with Gasteiger partial charge in [0.05, 0.1) is 22.7 Å². The second-order valence-electron chi connectivity index (χ2n) is 7.39. The zero-order valence-electron chi connectivity index (χ0n) is 18.4. The molecule has 0 saturated heterocycles. The van der Waals surface area contributed by atoms with Crippen molar-refractivity contribution in [3.05, 3.63) is 78.6 Å². The largest absolute Gasteiger partial charge is 0.464 e. The molecule has 2 heterocycles. The fourth-order valence-corrected chi connectivity index (χ4v) is 4.34. The number of hydrogen-bond acceptors (Lipinski definition) is 8. The van der Waals surface area contributed by atoms with Gasteiger partial charge in [-0.1, -0.05) is 42.5 Å². The number of ether oxygens (including phenoxy) is 1. The van der Waals surface area contributed by atoms with Gasteiger partial charge in [0.25, 0.3) is 0 Å². The van der Waals surface area contributed by atoms with Gasteiger partial charge in [-0.3, -0.25) is 4.79 Å². The van der Waals surface area contributed by atoms with Gasteiger partial charge in [-0.15, -0.1) is 0 Å². The van der Waals surface area contributed by atoms with E-state index >= 15 is 0 Å². The molecule has 0 unspecified atom stereocenters. The SMILES string of the molecule is CC(=O)OCCNc1ncnc2ccc(-c3cccc(S(=O)(=O)NCc4ccccc4)c3)nc12. The average molecular weight is 478 g/mol. The van der Waals surface area contributed by atoms with Gasteiger partial charge < -0.3 is 10.1 Å². The van der Waals surface area contributed by atoms with Gasteiger partial charge >= 0.3 is 5.97 Å². The lowest BCUT2D eigenvalue weighted by molar-refractivity contribution is -0.140. The first-order valence-electron chi connectivity index (χ1n) is 10.6. The van der Waals surface area contributed by atoms with Crippen LogP contribution in [0.4, 0.5) is 5.82 Å². The van der Waals surface area contributed by atoms with Crippen LogP contribution < -0.4 is 10.0 Å². The summed E-state index contributed by atoms with van der Waals surface area (Å²) >= 11 is 0. The molecule has 0 aliphatic rings. The Morgan fingerprint density at radius 3 is 2.62 bits per heavy atom. The van der Waals surface area contributed by atoms with E-state index in [0.29, 0.717) is 34.7 Å². The van der Waals surface area contributed by atoms with Crippen molar-refractivity contribution in [3.63, 3.8) is 0 Å². The number of nitrogens with zero attached hydrogens (tertiary/aromatic N) is 3. The number of esters is 1. The van der Waals surface area contributed by atoms with Crippen molar-refractivity contribution >= 4 is 32.8 Å². The molecule has 2 N–H and O–H groups in total. The van der Waals surface area contributed by atoms with Crippen LogP contribution in [0, 0.1) is 0 Å². The van der Waals surface area contributed by atoms with Gasteiger partial charge in [0.15, 0.2) is 5.82 Å². The Kier molecular flexibility index (Phi) is 7.09. The molecule has 2 aromatic heterocycles. The lowest BCUT2D eigenvalue weighted by Crippen LogP contribution is -2.23. The minimum absolute atomic E-state index is 0.145. The lowest BCUT2D eigenvalue weighted by atomic mass is 10.1. The Balaban J connectivity index is 1.57. The van der Waals surface area contributed by atoms with Crippen molar-refractivity contribution in [2.75, 3.05) is 18.5 Å².